The van der Waals surface area contributed by atoms with Gasteiger partial charge in [0.1, 0.15) is 18.9 Å². The lowest BCUT2D eigenvalue weighted by Gasteiger charge is -2.13. The van der Waals surface area contributed by atoms with Crippen molar-refractivity contribution in [2.24, 2.45) is 0 Å². The van der Waals surface area contributed by atoms with Gasteiger partial charge in [-0.05, 0) is 24.1 Å². The van der Waals surface area contributed by atoms with Crippen molar-refractivity contribution in [3.8, 4) is 0 Å². The maximum atomic E-state index is 13.5. The average Bonchev–Trinajstić information content (AvgIpc) is 2.68. The van der Waals surface area contributed by atoms with Crippen LogP contribution in [0.2, 0.25) is 0 Å². The van der Waals surface area contributed by atoms with Gasteiger partial charge in [-0.3, -0.25) is 14.9 Å². The quantitative estimate of drug-likeness (QED) is 0.803. The van der Waals surface area contributed by atoms with E-state index in [-0.39, 0.29) is 18.9 Å². The molecular formula is C13H14FN3O3. The third-order valence-electron chi connectivity index (χ3n) is 2.92. The second kappa shape index (κ2) is 5.68. The molecule has 0 unspecified atom stereocenters. The van der Waals surface area contributed by atoms with Gasteiger partial charge in [0.15, 0.2) is 0 Å². The molecule has 1 aliphatic rings. The lowest BCUT2D eigenvalue weighted by atomic mass is 10.1. The molecule has 6 nitrogen and oxygen atoms in total. The van der Waals surface area contributed by atoms with Crippen molar-refractivity contribution in [2.45, 2.75) is 13.3 Å². The molecule has 1 aromatic carbocycles. The summed E-state index contributed by atoms with van der Waals surface area (Å²) in [5.74, 6) is -1.32. The number of carbonyl (C=O) groups is 3. The first-order valence-electron chi connectivity index (χ1n) is 6.16. The van der Waals surface area contributed by atoms with Crippen molar-refractivity contribution in [1.82, 2.24) is 10.2 Å². The highest BCUT2D eigenvalue weighted by Crippen LogP contribution is 2.15. The molecule has 0 atom stereocenters. The maximum absolute atomic E-state index is 13.5. The second-order valence-corrected chi connectivity index (χ2v) is 4.42. The predicted molar refractivity (Wildman–Crippen MR) is 69.5 cm³/mol. The fourth-order valence-corrected chi connectivity index (χ4v) is 1.90. The molecule has 0 aliphatic carbocycles. The number of urea groups is 1. The summed E-state index contributed by atoms with van der Waals surface area (Å²) in [4.78, 5) is 35.0. The lowest BCUT2D eigenvalue weighted by molar-refractivity contribution is -0.119. The summed E-state index contributed by atoms with van der Waals surface area (Å²) >= 11 is 0. The summed E-state index contributed by atoms with van der Waals surface area (Å²) in [7, 11) is 0. The third kappa shape index (κ3) is 3.11. The molecule has 0 aromatic heterocycles. The van der Waals surface area contributed by atoms with Gasteiger partial charge in [0.2, 0.25) is 11.8 Å². The molecule has 1 fully saturated rings. The van der Waals surface area contributed by atoms with Crippen molar-refractivity contribution < 1.29 is 18.8 Å². The topological polar surface area (TPSA) is 78.5 Å². The van der Waals surface area contributed by atoms with Gasteiger partial charge in [-0.2, -0.15) is 0 Å². The number of anilines is 1. The number of aryl methyl sites for hydroxylation is 1. The molecule has 0 radical (unpaired) electrons. The fraction of sp³-hybridized carbons (Fsp3) is 0.308. The summed E-state index contributed by atoms with van der Waals surface area (Å²) in [6.45, 7) is 1.43. The monoisotopic (exact) mass is 279 g/mol. The zero-order chi connectivity index (χ0) is 14.7. The molecule has 106 valence electrons. The molecule has 1 aromatic rings. The van der Waals surface area contributed by atoms with E-state index in [2.05, 4.69) is 10.6 Å². The van der Waals surface area contributed by atoms with Crippen LogP contribution in [-0.4, -0.2) is 35.8 Å². The van der Waals surface area contributed by atoms with Crippen molar-refractivity contribution >= 4 is 23.5 Å². The van der Waals surface area contributed by atoms with E-state index in [0.29, 0.717) is 17.7 Å². The van der Waals surface area contributed by atoms with Gasteiger partial charge in [-0.25, -0.2) is 9.18 Å². The SMILES string of the molecule is CCc1ccc(NC(=O)CN2CC(=O)NC2=O)cc1F. The third-order valence-corrected chi connectivity index (χ3v) is 2.92. The van der Waals surface area contributed by atoms with E-state index in [1.807, 2.05) is 6.92 Å². The van der Waals surface area contributed by atoms with E-state index in [4.69, 9.17) is 0 Å². The summed E-state index contributed by atoms with van der Waals surface area (Å²) in [6, 6.07) is 3.82. The standard InChI is InChI=1S/C13H14FN3O3/c1-2-8-3-4-9(5-10(8)14)15-11(18)6-17-7-12(19)16-13(17)20/h3-5H,2,6-7H2,1H3,(H,15,18)(H,16,19,20). The predicted octanol–water partition coefficient (Wildman–Crippen LogP) is 0.878. The van der Waals surface area contributed by atoms with E-state index in [0.717, 1.165) is 4.90 Å². The Balaban J connectivity index is 1.96. The van der Waals surface area contributed by atoms with Crippen LogP contribution in [0.4, 0.5) is 14.9 Å². The van der Waals surface area contributed by atoms with Gasteiger partial charge in [-0.1, -0.05) is 13.0 Å². The van der Waals surface area contributed by atoms with E-state index < -0.39 is 17.8 Å². The summed E-state index contributed by atoms with van der Waals surface area (Å²) < 4.78 is 13.5. The highest BCUT2D eigenvalue weighted by atomic mass is 19.1. The normalized spacial score (nSPS) is 14.4. The van der Waals surface area contributed by atoms with E-state index in [9.17, 15) is 18.8 Å². The highest BCUT2D eigenvalue weighted by molar-refractivity contribution is 6.04. The first-order chi connectivity index (χ1) is 9.49. The minimum Gasteiger partial charge on any atom is -0.324 e. The molecular weight excluding hydrogens is 265 g/mol. The van der Waals surface area contributed by atoms with Crippen molar-refractivity contribution in [2.75, 3.05) is 18.4 Å². The Morgan fingerprint density at radius 1 is 1.45 bits per heavy atom. The number of nitrogens with zero attached hydrogens (tertiary/aromatic N) is 1. The summed E-state index contributed by atoms with van der Waals surface area (Å²) in [5.41, 5.74) is 0.878. The highest BCUT2D eigenvalue weighted by Gasteiger charge is 2.28. The average molecular weight is 279 g/mol. The van der Waals surface area contributed by atoms with E-state index >= 15 is 0 Å². The van der Waals surface area contributed by atoms with E-state index in [1.165, 1.54) is 6.07 Å². The molecule has 7 heteroatoms. The van der Waals surface area contributed by atoms with Crippen LogP contribution >= 0.6 is 0 Å². The number of nitrogens with one attached hydrogen (secondary N) is 2. The van der Waals surface area contributed by atoms with Crippen molar-refractivity contribution in [3.05, 3.63) is 29.6 Å². The van der Waals surface area contributed by atoms with Gasteiger partial charge in [0, 0.05) is 5.69 Å². The maximum Gasteiger partial charge on any atom is 0.325 e. The van der Waals surface area contributed by atoms with E-state index in [1.54, 1.807) is 12.1 Å². The van der Waals surface area contributed by atoms with Gasteiger partial charge in [0.25, 0.3) is 0 Å². The Morgan fingerprint density at radius 3 is 2.75 bits per heavy atom. The number of hydrogen-bond acceptors (Lipinski definition) is 3. The van der Waals surface area contributed by atoms with Crippen LogP contribution < -0.4 is 10.6 Å². The van der Waals surface area contributed by atoms with Crippen LogP contribution in [0.1, 0.15) is 12.5 Å². The van der Waals surface area contributed by atoms with Crippen LogP contribution in [0.5, 0.6) is 0 Å². The smallest absolute Gasteiger partial charge is 0.324 e. The number of hydrogen-bond donors (Lipinski definition) is 2. The molecule has 4 amide bonds. The molecule has 1 aliphatic heterocycles. The molecule has 1 saturated heterocycles. The molecule has 0 spiro atoms. The second-order valence-electron chi connectivity index (χ2n) is 4.42. The van der Waals surface area contributed by atoms with Gasteiger partial charge in [0.05, 0.1) is 0 Å². The molecule has 0 bridgehead atoms. The number of imide groups is 1. The largest absolute Gasteiger partial charge is 0.325 e. The Kier molecular flexibility index (Phi) is 3.97. The van der Waals surface area contributed by atoms with Crippen LogP contribution in [-0.2, 0) is 16.0 Å². The lowest BCUT2D eigenvalue weighted by Crippen LogP contribution is -2.35. The number of halogens is 1. The number of amides is 4. The molecule has 20 heavy (non-hydrogen) atoms. The zero-order valence-corrected chi connectivity index (χ0v) is 10.9. The number of benzene rings is 1. The molecule has 2 N–H and O–H groups in total. The zero-order valence-electron chi connectivity index (χ0n) is 10.9. The molecule has 0 saturated carbocycles. The Bertz CT molecular complexity index is 574. The van der Waals surface area contributed by atoms with Crippen LogP contribution in [0, 0.1) is 5.82 Å². The Hall–Kier alpha value is -2.44. The first kappa shape index (κ1) is 14.0. The first-order valence-corrected chi connectivity index (χ1v) is 6.16. The minimum atomic E-state index is -0.599. The number of rotatable bonds is 4. The van der Waals surface area contributed by atoms with Crippen molar-refractivity contribution in [1.29, 1.82) is 0 Å². The molecule has 1 heterocycles. The number of carbonyl (C=O) groups excluding carboxylic acids is 3. The van der Waals surface area contributed by atoms with Crippen molar-refractivity contribution in [3.63, 3.8) is 0 Å². The van der Waals surface area contributed by atoms with Gasteiger partial charge >= 0.3 is 6.03 Å². The minimum absolute atomic E-state index is 0.143. The van der Waals surface area contributed by atoms with Crippen LogP contribution in [0.3, 0.4) is 0 Å². The fourth-order valence-electron chi connectivity index (χ4n) is 1.90. The van der Waals surface area contributed by atoms with Crippen LogP contribution in [0.25, 0.3) is 0 Å². The van der Waals surface area contributed by atoms with Gasteiger partial charge in [-0.15, -0.1) is 0 Å². The van der Waals surface area contributed by atoms with Crippen LogP contribution in [0.15, 0.2) is 18.2 Å². The summed E-state index contributed by atoms with van der Waals surface area (Å²) in [6.07, 6.45) is 0.566. The Morgan fingerprint density at radius 2 is 2.20 bits per heavy atom. The molecule has 2 rings (SSSR count). The Labute approximate surface area is 114 Å². The van der Waals surface area contributed by atoms with Gasteiger partial charge < -0.3 is 10.2 Å². The summed E-state index contributed by atoms with van der Waals surface area (Å²) in [5, 5.41) is 4.55.